The zero-order valence-electron chi connectivity index (χ0n) is 10.7. The highest BCUT2D eigenvalue weighted by Gasteiger charge is 2.38. The van der Waals surface area contributed by atoms with E-state index < -0.39 is 11.5 Å². The molecule has 1 N–H and O–H groups in total. The lowest BCUT2D eigenvalue weighted by Gasteiger charge is -2.26. The molecule has 1 aromatic carbocycles. The van der Waals surface area contributed by atoms with Crippen molar-refractivity contribution in [1.29, 1.82) is 0 Å². The lowest BCUT2D eigenvalue weighted by molar-refractivity contribution is -0.144. The topological polar surface area (TPSA) is 55.1 Å². The van der Waals surface area contributed by atoms with Crippen LogP contribution in [0.5, 0.6) is 0 Å². The van der Waals surface area contributed by atoms with Crippen LogP contribution in [0.15, 0.2) is 36.7 Å². The molecule has 0 fully saturated rings. The lowest BCUT2D eigenvalue weighted by Crippen LogP contribution is -2.40. The van der Waals surface area contributed by atoms with E-state index >= 15 is 0 Å². The zero-order chi connectivity index (χ0) is 13.3. The van der Waals surface area contributed by atoms with Crippen molar-refractivity contribution < 1.29 is 9.90 Å². The van der Waals surface area contributed by atoms with Crippen molar-refractivity contribution in [2.75, 3.05) is 0 Å². The number of hydrogen-bond donors (Lipinski definition) is 1. The van der Waals surface area contributed by atoms with Crippen molar-refractivity contribution in [1.82, 2.24) is 9.78 Å². The van der Waals surface area contributed by atoms with Crippen LogP contribution in [0.25, 0.3) is 0 Å². The molecule has 0 aliphatic heterocycles. The maximum Gasteiger partial charge on any atom is 0.336 e. The molecule has 0 aliphatic rings. The number of hydrogen-bond acceptors (Lipinski definition) is 2. The Labute approximate surface area is 106 Å². The summed E-state index contributed by atoms with van der Waals surface area (Å²) in [5.41, 5.74) is 1.51. The third-order valence-electron chi connectivity index (χ3n) is 3.17. The molecule has 0 radical (unpaired) electrons. The van der Waals surface area contributed by atoms with Crippen LogP contribution in [0.4, 0.5) is 0 Å². The van der Waals surface area contributed by atoms with E-state index in [1.807, 2.05) is 38.1 Å². The van der Waals surface area contributed by atoms with Gasteiger partial charge in [0.25, 0.3) is 0 Å². The number of carboxylic acid groups (broad SMARTS) is 1. The minimum atomic E-state index is -1.18. The summed E-state index contributed by atoms with van der Waals surface area (Å²) in [5.74, 6) is -0.920. The third kappa shape index (κ3) is 1.90. The van der Waals surface area contributed by atoms with Gasteiger partial charge in [-0.2, -0.15) is 5.10 Å². The fourth-order valence-electron chi connectivity index (χ4n) is 1.96. The van der Waals surface area contributed by atoms with Gasteiger partial charge in [0, 0.05) is 6.20 Å². The number of aryl methyl sites for hydroxylation is 2. The lowest BCUT2D eigenvalue weighted by atomic mass is 9.91. The Morgan fingerprint density at radius 1 is 1.33 bits per heavy atom. The van der Waals surface area contributed by atoms with E-state index in [4.69, 9.17) is 0 Å². The van der Waals surface area contributed by atoms with Crippen LogP contribution in [0.2, 0.25) is 0 Å². The van der Waals surface area contributed by atoms with E-state index in [-0.39, 0.29) is 0 Å². The standard InChI is InChI=1S/C14H16N2O2/c1-10-5-4-6-12(7-10)14(3,13(17)18)16-9-11(2)8-15-16/h4-9H,1-3H3,(H,17,18). The number of rotatable bonds is 3. The van der Waals surface area contributed by atoms with Crippen LogP contribution in [-0.4, -0.2) is 20.9 Å². The second-order valence-corrected chi connectivity index (χ2v) is 4.71. The maximum absolute atomic E-state index is 11.7. The molecule has 18 heavy (non-hydrogen) atoms. The van der Waals surface area contributed by atoms with E-state index in [1.165, 1.54) is 4.68 Å². The minimum Gasteiger partial charge on any atom is -0.479 e. The number of carbonyl (C=O) groups is 1. The fraction of sp³-hybridized carbons (Fsp3) is 0.286. The molecule has 0 saturated carbocycles. The Kier molecular flexibility index (Phi) is 2.95. The number of nitrogens with zero attached hydrogens (tertiary/aromatic N) is 2. The molecule has 0 spiro atoms. The van der Waals surface area contributed by atoms with Gasteiger partial charge in [0.2, 0.25) is 0 Å². The van der Waals surface area contributed by atoms with Crippen molar-refractivity contribution in [3.63, 3.8) is 0 Å². The molecule has 0 bridgehead atoms. The Bertz CT molecular complexity index is 589. The van der Waals surface area contributed by atoms with E-state index in [2.05, 4.69) is 5.10 Å². The average molecular weight is 244 g/mol. The van der Waals surface area contributed by atoms with Gasteiger partial charge in [0.1, 0.15) is 0 Å². The first-order chi connectivity index (χ1) is 8.44. The highest BCUT2D eigenvalue weighted by Crippen LogP contribution is 2.26. The van der Waals surface area contributed by atoms with Gasteiger partial charge >= 0.3 is 5.97 Å². The molecule has 94 valence electrons. The molecule has 1 heterocycles. The first-order valence-electron chi connectivity index (χ1n) is 5.77. The minimum absolute atomic E-state index is 0.720. The number of aliphatic carboxylic acids is 1. The SMILES string of the molecule is Cc1cccc(C(C)(C(=O)O)n2cc(C)cn2)c1. The molecule has 2 aromatic rings. The van der Waals surface area contributed by atoms with E-state index in [1.54, 1.807) is 19.3 Å². The number of carboxylic acids is 1. The van der Waals surface area contributed by atoms with Crippen molar-refractivity contribution in [3.8, 4) is 0 Å². The number of benzene rings is 1. The molecule has 0 saturated heterocycles. The maximum atomic E-state index is 11.7. The van der Waals surface area contributed by atoms with Gasteiger partial charge in [0.15, 0.2) is 5.54 Å². The fourth-order valence-corrected chi connectivity index (χ4v) is 1.96. The molecule has 0 aliphatic carbocycles. The second-order valence-electron chi connectivity index (χ2n) is 4.71. The van der Waals surface area contributed by atoms with E-state index in [0.717, 1.165) is 16.7 Å². The van der Waals surface area contributed by atoms with Crippen LogP contribution in [-0.2, 0) is 10.3 Å². The summed E-state index contributed by atoms with van der Waals surface area (Å²) in [4.78, 5) is 11.7. The van der Waals surface area contributed by atoms with Crippen LogP contribution >= 0.6 is 0 Å². The third-order valence-corrected chi connectivity index (χ3v) is 3.17. The van der Waals surface area contributed by atoms with Gasteiger partial charge in [-0.3, -0.25) is 4.68 Å². The Balaban J connectivity index is 2.61. The molecule has 1 aromatic heterocycles. The monoisotopic (exact) mass is 244 g/mol. The summed E-state index contributed by atoms with van der Waals surface area (Å²) in [5, 5.41) is 13.7. The van der Waals surface area contributed by atoms with Gasteiger partial charge in [-0.25, -0.2) is 4.79 Å². The average Bonchev–Trinajstić information content (AvgIpc) is 2.75. The van der Waals surface area contributed by atoms with Crippen LogP contribution in [0, 0.1) is 13.8 Å². The summed E-state index contributed by atoms with van der Waals surface area (Å²) >= 11 is 0. The van der Waals surface area contributed by atoms with Gasteiger partial charge in [-0.05, 0) is 31.9 Å². The summed E-state index contributed by atoms with van der Waals surface area (Å²) < 4.78 is 1.50. The van der Waals surface area contributed by atoms with E-state index in [9.17, 15) is 9.90 Å². The van der Waals surface area contributed by atoms with Crippen LogP contribution in [0.3, 0.4) is 0 Å². The molecule has 4 nitrogen and oxygen atoms in total. The van der Waals surface area contributed by atoms with Crippen molar-refractivity contribution in [2.24, 2.45) is 0 Å². The summed E-state index contributed by atoms with van der Waals surface area (Å²) in [6, 6.07) is 7.51. The van der Waals surface area contributed by atoms with Crippen LogP contribution in [0.1, 0.15) is 23.6 Å². The quantitative estimate of drug-likeness (QED) is 0.901. The Morgan fingerprint density at radius 2 is 2.06 bits per heavy atom. The van der Waals surface area contributed by atoms with Crippen LogP contribution < -0.4 is 0 Å². The smallest absolute Gasteiger partial charge is 0.336 e. The molecule has 1 atom stereocenters. The van der Waals surface area contributed by atoms with Gasteiger partial charge in [0.05, 0.1) is 6.20 Å². The van der Waals surface area contributed by atoms with E-state index in [0.29, 0.717) is 0 Å². The van der Waals surface area contributed by atoms with Gasteiger partial charge in [-0.15, -0.1) is 0 Å². The summed E-state index contributed by atoms with van der Waals surface area (Å²) in [6.07, 6.45) is 3.41. The Morgan fingerprint density at radius 3 is 2.56 bits per heavy atom. The van der Waals surface area contributed by atoms with Crippen molar-refractivity contribution >= 4 is 5.97 Å². The molecule has 0 amide bonds. The first-order valence-corrected chi connectivity index (χ1v) is 5.77. The number of aromatic nitrogens is 2. The molecular weight excluding hydrogens is 228 g/mol. The summed E-state index contributed by atoms with van der Waals surface area (Å²) in [7, 11) is 0. The van der Waals surface area contributed by atoms with Crippen molar-refractivity contribution in [3.05, 3.63) is 53.3 Å². The Hall–Kier alpha value is -2.10. The molecule has 2 rings (SSSR count). The summed E-state index contributed by atoms with van der Waals surface area (Å²) in [6.45, 7) is 5.50. The highest BCUT2D eigenvalue weighted by atomic mass is 16.4. The first kappa shape index (κ1) is 12.4. The normalized spacial score (nSPS) is 14.2. The highest BCUT2D eigenvalue weighted by molar-refractivity contribution is 5.80. The molecule has 1 unspecified atom stereocenters. The second kappa shape index (κ2) is 4.29. The van der Waals surface area contributed by atoms with Gasteiger partial charge < -0.3 is 5.11 Å². The zero-order valence-corrected chi connectivity index (χ0v) is 10.7. The molecular formula is C14H16N2O2. The predicted octanol–water partition coefficient (Wildman–Crippen LogP) is 2.35. The molecule has 4 heteroatoms. The predicted molar refractivity (Wildman–Crippen MR) is 68.5 cm³/mol. The van der Waals surface area contributed by atoms with Gasteiger partial charge in [-0.1, -0.05) is 29.8 Å². The largest absolute Gasteiger partial charge is 0.479 e. The van der Waals surface area contributed by atoms with Crippen molar-refractivity contribution in [2.45, 2.75) is 26.3 Å².